The van der Waals surface area contributed by atoms with Gasteiger partial charge in [0.15, 0.2) is 0 Å². The molecule has 20 heavy (non-hydrogen) atoms. The van der Waals surface area contributed by atoms with Crippen LogP contribution in [-0.4, -0.2) is 15.3 Å². The standard InChI is InChI=1S/C12H11AsN4O3/c18-13(19-16-14-11-7-3-1-4-8-11)20-17-15-12-9-5-2-6-10-12/h1-10,13H. The first-order valence-corrected chi connectivity index (χ1v) is 8.22. The van der Waals surface area contributed by atoms with Crippen molar-refractivity contribution in [2.45, 2.75) is 0 Å². The second-order valence-electron chi connectivity index (χ2n) is 3.47. The maximum atomic E-state index is 11.3. The first kappa shape index (κ1) is 14.0. The molecule has 0 saturated heterocycles. The van der Waals surface area contributed by atoms with Gasteiger partial charge in [-0.2, -0.15) is 0 Å². The van der Waals surface area contributed by atoms with Gasteiger partial charge in [-0.05, 0) is 0 Å². The predicted octanol–water partition coefficient (Wildman–Crippen LogP) is 3.57. The van der Waals surface area contributed by atoms with Gasteiger partial charge in [0.25, 0.3) is 0 Å². The van der Waals surface area contributed by atoms with Crippen molar-refractivity contribution >= 4 is 26.6 Å². The average Bonchev–Trinajstić information content (AvgIpc) is 2.49. The van der Waals surface area contributed by atoms with Crippen molar-refractivity contribution in [2.75, 3.05) is 0 Å². The molecule has 0 radical (unpaired) electrons. The predicted molar refractivity (Wildman–Crippen MR) is 71.9 cm³/mol. The molecule has 0 bridgehead atoms. The van der Waals surface area contributed by atoms with Crippen molar-refractivity contribution in [3.05, 3.63) is 60.7 Å². The van der Waals surface area contributed by atoms with Gasteiger partial charge >= 0.3 is 119 Å². The second kappa shape index (κ2) is 7.91. The molecule has 0 atom stereocenters. The zero-order valence-corrected chi connectivity index (χ0v) is 12.4. The molecule has 0 unspecified atom stereocenters. The molecule has 8 heteroatoms. The molecule has 7 nitrogen and oxygen atoms in total. The molecule has 2 aromatic rings. The van der Waals surface area contributed by atoms with Crippen molar-refractivity contribution in [1.29, 1.82) is 0 Å². The molecule has 0 aliphatic carbocycles. The molecular weight excluding hydrogens is 323 g/mol. The van der Waals surface area contributed by atoms with Gasteiger partial charge in [0.2, 0.25) is 0 Å². The van der Waals surface area contributed by atoms with E-state index in [-0.39, 0.29) is 0 Å². The SMILES string of the molecule is O=[AsH](ON=Nc1ccccc1)ON=Nc1ccccc1. The Morgan fingerprint density at radius 3 is 1.50 bits per heavy atom. The fourth-order valence-electron chi connectivity index (χ4n) is 1.21. The zero-order valence-electron chi connectivity index (χ0n) is 10.3. The summed E-state index contributed by atoms with van der Waals surface area (Å²) >= 11 is -3.52. The summed E-state index contributed by atoms with van der Waals surface area (Å²) in [5.74, 6) is 0. The second-order valence-corrected chi connectivity index (χ2v) is 5.28. The van der Waals surface area contributed by atoms with Crippen LogP contribution in [0.3, 0.4) is 0 Å². The summed E-state index contributed by atoms with van der Waals surface area (Å²) in [7, 11) is 0. The Morgan fingerprint density at radius 1 is 0.700 bits per heavy atom. The molecule has 0 N–H and O–H groups in total. The first-order valence-electron chi connectivity index (χ1n) is 5.65. The van der Waals surface area contributed by atoms with Crippen LogP contribution in [-0.2, 0) is 11.4 Å². The van der Waals surface area contributed by atoms with Crippen LogP contribution in [0.25, 0.3) is 0 Å². The molecule has 0 fully saturated rings. The fourth-order valence-corrected chi connectivity index (χ4v) is 1.73. The summed E-state index contributed by atoms with van der Waals surface area (Å²) in [5, 5.41) is 14.1. The van der Waals surface area contributed by atoms with E-state index in [9.17, 15) is 3.74 Å². The van der Waals surface area contributed by atoms with Crippen LogP contribution in [0, 0.1) is 0 Å². The molecule has 2 rings (SSSR count). The summed E-state index contributed by atoms with van der Waals surface area (Å²) in [4.78, 5) is 0. The Morgan fingerprint density at radius 2 is 1.10 bits per heavy atom. The van der Waals surface area contributed by atoms with Gasteiger partial charge in [-0.1, -0.05) is 0 Å². The van der Waals surface area contributed by atoms with Gasteiger partial charge in [-0.15, -0.1) is 0 Å². The minimum atomic E-state index is -3.52. The Labute approximate surface area is 120 Å². The van der Waals surface area contributed by atoms with Crippen LogP contribution >= 0.6 is 0 Å². The average molecular weight is 334 g/mol. The van der Waals surface area contributed by atoms with E-state index in [1.807, 2.05) is 12.1 Å². The van der Waals surface area contributed by atoms with Crippen LogP contribution in [0.5, 0.6) is 0 Å². The van der Waals surface area contributed by atoms with E-state index in [2.05, 4.69) is 28.4 Å². The summed E-state index contributed by atoms with van der Waals surface area (Å²) in [5.41, 5.74) is 1.17. The van der Waals surface area contributed by atoms with Gasteiger partial charge in [-0.25, -0.2) is 0 Å². The molecule has 0 heterocycles. The van der Waals surface area contributed by atoms with E-state index >= 15 is 0 Å². The summed E-state index contributed by atoms with van der Waals surface area (Å²) in [6.07, 6.45) is 0. The van der Waals surface area contributed by atoms with Gasteiger partial charge in [0, 0.05) is 0 Å². The van der Waals surface area contributed by atoms with Crippen LogP contribution in [0.2, 0.25) is 0 Å². The third kappa shape index (κ3) is 5.07. The van der Waals surface area contributed by atoms with Crippen molar-refractivity contribution in [1.82, 2.24) is 0 Å². The molecule has 0 aliphatic rings. The minimum absolute atomic E-state index is 0.587. The summed E-state index contributed by atoms with van der Waals surface area (Å²) in [6.45, 7) is 0. The molecule has 2 aromatic carbocycles. The Bertz CT molecular complexity index is 551. The third-order valence-corrected chi connectivity index (χ3v) is 3.02. The van der Waals surface area contributed by atoms with E-state index in [1.54, 1.807) is 48.5 Å². The van der Waals surface area contributed by atoms with Crippen molar-refractivity contribution in [3.8, 4) is 0 Å². The van der Waals surface area contributed by atoms with E-state index in [0.717, 1.165) is 0 Å². The van der Waals surface area contributed by atoms with Crippen molar-refractivity contribution in [2.24, 2.45) is 20.8 Å². The van der Waals surface area contributed by atoms with Crippen molar-refractivity contribution < 1.29 is 11.4 Å². The molecule has 0 aromatic heterocycles. The molecular formula is C12H11AsN4O3. The third-order valence-electron chi connectivity index (χ3n) is 2.06. The topological polar surface area (TPSA) is 85.0 Å². The molecule has 0 spiro atoms. The molecule has 0 amide bonds. The molecule has 102 valence electrons. The Kier molecular flexibility index (Phi) is 5.54. The molecule has 0 aliphatic heterocycles. The number of rotatable bonds is 6. The number of nitrogens with zero attached hydrogens (tertiary/aromatic N) is 4. The number of hydrogen-bond acceptors (Lipinski definition) is 7. The van der Waals surface area contributed by atoms with Gasteiger partial charge in [-0.3, -0.25) is 0 Å². The van der Waals surface area contributed by atoms with Crippen molar-refractivity contribution in [3.63, 3.8) is 0 Å². The normalized spacial score (nSPS) is 12.6. The fraction of sp³-hybridized carbons (Fsp3) is 0. The van der Waals surface area contributed by atoms with Gasteiger partial charge in [0.1, 0.15) is 0 Å². The Balaban J connectivity index is 1.76. The van der Waals surface area contributed by atoms with Gasteiger partial charge in [0.05, 0.1) is 0 Å². The van der Waals surface area contributed by atoms with E-state index < -0.39 is 15.3 Å². The molecule has 0 saturated carbocycles. The van der Waals surface area contributed by atoms with E-state index in [0.29, 0.717) is 11.4 Å². The van der Waals surface area contributed by atoms with Crippen LogP contribution in [0.1, 0.15) is 0 Å². The van der Waals surface area contributed by atoms with Crippen LogP contribution in [0.15, 0.2) is 81.4 Å². The number of benzene rings is 2. The van der Waals surface area contributed by atoms with Gasteiger partial charge < -0.3 is 0 Å². The van der Waals surface area contributed by atoms with E-state index in [1.165, 1.54) is 0 Å². The maximum absolute atomic E-state index is 11.3. The quantitative estimate of drug-likeness (QED) is 0.460. The zero-order chi connectivity index (χ0) is 14.0. The van der Waals surface area contributed by atoms with E-state index in [4.69, 9.17) is 0 Å². The summed E-state index contributed by atoms with van der Waals surface area (Å²) in [6, 6.07) is 17.8. The van der Waals surface area contributed by atoms with Crippen LogP contribution < -0.4 is 0 Å². The van der Waals surface area contributed by atoms with Crippen LogP contribution in [0.4, 0.5) is 11.4 Å². The number of hydrogen-bond donors (Lipinski definition) is 0. The Hall–Kier alpha value is -2.40. The summed E-state index contributed by atoms with van der Waals surface area (Å²) < 4.78 is 20.5. The first-order chi connectivity index (χ1) is 9.84. The monoisotopic (exact) mass is 334 g/mol.